The molecule has 0 heterocycles. The molecule has 0 bridgehead atoms. The number of hydrogen-bond donors (Lipinski definition) is 2. The van der Waals surface area contributed by atoms with E-state index in [-0.39, 0.29) is 19.8 Å². The largest absolute Gasteiger partial charge is 0.490 e. The molecule has 5 heteroatoms. The van der Waals surface area contributed by atoms with Crippen molar-refractivity contribution in [1.29, 1.82) is 0 Å². The van der Waals surface area contributed by atoms with Crippen LogP contribution in [0.25, 0.3) is 0 Å². The number of aliphatic hydroxyl groups is 2. The van der Waals surface area contributed by atoms with Gasteiger partial charge in [-0.05, 0) is 31.5 Å². The van der Waals surface area contributed by atoms with E-state index in [1.807, 2.05) is 13.8 Å². The fourth-order valence-electron chi connectivity index (χ4n) is 1.53. The van der Waals surface area contributed by atoms with E-state index < -0.39 is 6.10 Å². The third-order valence-electron chi connectivity index (χ3n) is 2.44. The van der Waals surface area contributed by atoms with Crippen molar-refractivity contribution in [2.45, 2.75) is 26.6 Å². The molecular formula is C14H22O5. The average molecular weight is 270 g/mol. The third kappa shape index (κ3) is 5.46. The summed E-state index contributed by atoms with van der Waals surface area (Å²) in [6, 6.07) is 5.21. The summed E-state index contributed by atoms with van der Waals surface area (Å²) in [4.78, 5) is 0. The number of rotatable bonds is 9. The van der Waals surface area contributed by atoms with Crippen LogP contribution in [0, 0.1) is 0 Å². The molecule has 0 radical (unpaired) electrons. The van der Waals surface area contributed by atoms with E-state index in [2.05, 4.69) is 0 Å². The van der Waals surface area contributed by atoms with E-state index in [0.29, 0.717) is 24.7 Å². The SMILES string of the molecule is CCOCC(O)COc1ccc(CO)cc1OCC. The fourth-order valence-corrected chi connectivity index (χ4v) is 1.53. The molecule has 2 N–H and O–H groups in total. The van der Waals surface area contributed by atoms with Gasteiger partial charge in [0.1, 0.15) is 12.7 Å². The smallest absolute Gasteiger partial charge is 0.161 e. The summed E-state index contributed by atoms with van der Waals surface area (Å²) >= 11 is 0. The van der Waals surface area contributed by atoms with Crippen LogP contribution in [0.15, 0.2) is 18.2 Å². The van der Waals surface area contributed by atoms with Crippen LogP contribution >= 0.6 is 0 Å². The van der Waals surface area contributed by atoms with Crippen LogP contribution < -0.4 is 9.47 Å². The lowest BCUT2D eigenvalue weighted by Gasteiger charge is -2.15. The van der Waals surface area contributed by atoms with Crippen molar-refractivity contribution in [3.05, 3.63) is 23.8 Å². The molecule has 1 aromatic rings. The van der Waals surface area contributed by atoms with Gasteiger partial charge in [-0.25, -0.2) is 0 Å². The number of aliphatic hydroxyl groups excluding tert-OH is 2. The molecule has 1 aromatic carbocycles. The van der Waals surface area contributed by atoms with Crippen LogP contribution in [0.2, 0.25) is 0 Å². The third-order valence-corrected chi connectivity index (χ3v) is 2.44. The Morgan fingerprint density at radius 3 is 2.47 bits per heavy atom. The zero-order chi connectivity index (χ0) is 14.1. The molecule has 0 aliphatic heterocycles. The van der Waals surface area contributed by atoms with Crippen LogP contribution in [-0.4, -0.2) is 42.7 Å². The lowest BCUT2D eigenvalue weighted by molar-refractivity contribution is 0.0158. The summed E-state index contributed by atoms with van der Waals surface area (Å²) in [5.41, 5.74) is 0.755. The quantitative estimate of drug-likeness (QED) is 0.709. The van der Waals surface area contributed by atoms with Gasteiger partial charge < -0.3 is 24.4 Å². The molecule has 0 saturated carbocycles. The van der Waals surface area contributed by atoms with Crippen LogP contribution in [0.4, 0.5) is 0 Å². The minimum Gasteiger partial charge on any atom is -0.490 e. The monoisotopic (exact) mass is 270 g/mol. The Balaban J connectivity index is 2.60. The minimum atomic E-state index is -0.674. The molecule has 5 nitrogen and oxygen atoms in total. The molecule has 0 aromatic heterocycles. The molecule has 1 atom stereocenters. The van der Waals surface area contributed by atoms with Crippen molar-refractivity contribution in [2.24, 2.45) is 0 Å². The van der Waals surface area contributed by atoms with E-state index in [0.717, 1.165) is 5.56 Å². The first-order chi connectivity index (χ1) is 9.21. The predicted molar refractivity (Wildman–Crippen MR) is 71.5 cm³/mol. The Morgan fingerprint density at radius 1 is 1.05 bits per heavy atom. The van der Waals surface area contributed by atoms with E-state index >= 15 is 0 Å². The molecular weight excluding hydrogens is 248 g/mol. The highest BCUT2D eigenvalue weighted by atomic mass is 16.5. The lowest BCUT2D eigenvalue weighted by Crippen LogP contribution is -2.23. The van der Waals surface area contributed by atoms with Gasteiger partial charge in [-0.2, -0.15) is 0 Å². The van der Waals surface area contributed by atoms with Gasteiger partial charge in [0.25, 0.3) is 0 Å². The molecule has 1 rings (SSSR count). The van der Waals surface area contributed by atoms with Crippen molar-refractivity contribution < 1.29 is 24.4 Å². The summed E-state index contributed by atoms with van der Waals surface area (Å²) in [5.74, 6) is 1.12. The highest BCUT2D eigenvalue weighted by molar-refractivity contribution is 5.42. The zero-order valence-electron chi connectivity index (χ0n) is 11.5. The van der Waals surface area contributed by atoms with Crippen molar-refractivity contribution in [2.75, 3.05) is 26.4 Å². The Labute approximate surface area is 113 Å². The maximum absolute atomic E-state index is 9.63. The summed E-state index contributed by atoms with van der Waals surface area (Å²) in [6.45, 7) is 5.15. The van der Waals surface area contributed by atoms with Crippen molar-refractivity contribution >= 4 is 0 Å². The highest BCUT2D eigenvalue weighted by Crippen LogP contribution is 2.28. The molecule has 0 spiro atoms. The number of benzene rings is 1. The topological polar surface area (TPSA) is 68.2 Å². The van der Waals surface area contributed by atoms with Gasteiger partial charge in [-0.15, -0.1) is 0 Å². The van der Waals surface area contributed by atoms with Crippen LogP contribution in [0.1, 0.15) is 19.4 Å². The minimum absolute atomic E-state index is 0.0483. The molecule has 19 heavy (non-hydrogen) atoms. The van der Waals surface area contributed by atoms with Gasteiger partial charge in [0, 0.05) is 6.61 Å². The first-order valence-electron chi connectivity index (χ1n) is 6.46. The Bertz CT molecular complexity index is 367. The maximum atomic E-state index is 9.63. The number of hydrogen-bond acceptors (Lipinski definition) is 5. The van der Waals surface area contributed by atoms with Gasteiger partial charge in [0.15, 0.2) is 11.5 Å². The average Bonchev–Trinajstić information content (AvgIpc) is 2.43. The Kier molecular flexibility index (Phi) is 7.25. The first-order valence-corrected chi connectivity index (χ1v) is 6.46. The molecule has 0 saturated heterocycles. The van der Waals surface area contributed by atoms with Gasteiger partial charge in [0.05, 0.1) is 19.8 Å². The molecule has 0 aliphatic rings. The van der Waals surface area contributed by atoms with Crippen LogP contribution in [0.5, 0.6) is 11.5 Å². The second kappa shape index (κ2) is 8.74. The van der Waals surface area contributed by atoms with Gasteiger partial charge in [-0.3, -0.25) is 0 Å². The Morgan fingerprint density at radius 2 is 1.84 bits per heavy atom. The van der Waals surface area contributed by atoms with Gasteiger partial charge in [0.2, 0.25) is 0 Å². The highest BCUT2D eigenvalue weighted by Gasteiger charge is 2.10. The van der Waals surface area contributed by atoms with Crippen LogP contribution in [-0.2, 0) is 11.3 Å². The van der Waals surface area contributed by atoms with Gasteiger partial charge in [-0.1, -0.05) is 6.07 Å². The van der Waals surface area contributed by atoms with Crippen molar-refractivity contribution in [1.82, 2.24) is 0 Å². The van der Waals surface area contributed by atoms with E-state index in [1.165, 1.54) is 0 Å². The zero-order valence-corrected chi connectivity index (χ0v) is 11.5. The summed E-state index contributed by atoms with van der Waals surface area (Å²) in [6.07, 6.45) is -0.674. The van der Waals surface area contributed by atoms with E-state index in [1.54, 1.807) is 18.2 Å². The number of ether oxygens (including phenoxy) is 3. The first kappa shape index (κ1) is 15.8. The summed E-state index contributed by atoms with van der Waals surface area (Å²) in [5, 5.41) is 18.7. The fraction of sp³-hybridized carbons (Fsp3) is 0.571. The summed E-state index contributed by atoms with van der Waals surface area (Å²) in [7, 11) is 0. The lowest BCUT2D eigenvalue weighted by atomic mass is 10.2. The van der Waals surface area contributed by atoms with Crippen molar-refractivity contribution in [3.63, 3.8) is 0 Å². The van der Waals surface area contributed by atoms with Crippen molar-refractivity contribution in [3.8, 4) is 11.5 Å². The predicted octanol–water partition coefficient (Wildman–Crippen LogP) is 1.35. The van der Waals surface area contributed by atoms with Gasteiger partial charge >= 0.3 is 0 Å². The molecule has 1 unspecified atom stereocenters. The standard InChI is InChI=1S/C14H22O5/c1-3-17-9-12(16)10-19-13-6-5-11(8-15)7-14(13)18-4-2/h5-7,12,15-16H,3-4,8-10H2,1-2H3. The molecule has 0 fully saturated rings. The second-order valence-electron chi connectivity index (χ2n) is 4.00. The normalized spacial score (nSPS) is 12.2. The van der Waals surface area contributed by atoms with E-state index in [9.17, 15) is 5.11 Å². The van der Waals surface area contributed by atoms with E-state index in [4.69, 9.17) is 19.3 Å². The Hall–Kier alpha value is -1.30. The molecule has 108 valence electrons. The second-order valence-corrected chi connectivity index (χ2v) is 4.00. The summed E-state index contributed by atoms with van der Waals surface area (Å²) < 4.78 is 16.1. The molecule has 0 aliphatic carbocycles. The maximum Gasteiger partial charge on any atom is 0.161 e. The molecule has 0 amide bonds. The van der Waals surface area contributed by atoms with Crippen LogP contribution in [0.3, 0.4) is 0 Å².